The summed E-state index contributed by atoms with van der Waals surface area (Å²) in [4.78, 5) is 4.79. The molecule has 4 nitrogen and oxygen atoms in total. The summed E-state index contributed by atoms with van der Waals surface area (Å²) in [6.07, 6.45) is 0. The van der Waals surface area contributed by atoms with Crippen molar-refractivity contribution in [2.75, 3.05) is 0 Å². The van der Waals surface area contributed by atoms with Crippen molar-refractivity contribution in [2.45, 2.75) is 0 Å². The summed E-state index contributed by atoms with van der Waals surface area (Å²) in [6, 6.07) is 25.8. The Morgan fingerprint density at radius 2 is 1.58 bits per heavy atom. The van der Waals surface area contributed by atoms with Crippen LogP contribution in [0.5, 0.6) is 5.75 Å². The molecule has 0 bridgehead atoms. The minimum Gasteiger partial charge on any atom is -0.537 e. The number of fused-ring (bicyclic) bond motifs is 1. The van der Waals surface area contributed by atoms with E-state index in [1.807, 2.05) is 66.7 Å². The number of hydrogen-bond donors (Lipinski definition) is 1. The molecule has 0 atom stereocenters. The Bertz CT molecular complexity index is 969. The van der Waals surface area contributed by atoms with E-state index in [0.29, 0.717) is 13.4 Å². The van der Waals surface area contributed by atoms with E-state index >= 15 is 0 Å². The van der Waals surface area contributed by atoms with E-state index in [1.165, 1.54) is 0 Å². The minimum absolute atomic E-state index is 0.544. The first-order valence-electron chi connectivity index (χ1n) is 7.63. The monoisotopic (exact) mass is 313 g/mol. The van der Waals surface area contributed by atoms with Crippen LogP contribution < -0.4 is 4.65 Å². The molecule has 3 aromatic carbocycles. The van der Waals surface area contributed by atoms with Crippen molar-refractivity contribution in [1.82, 2.24) is 9.55 Å². The van der Waals surface area contributed by atoms with Gasteiger partial charge < -0.3 is 9.68 Å². The van der Waals surface area contributed by atoms with Gasteiger partial charge in [-0.2, -0.15) is 0 Å². The maximum Gasteiger partial charge on any atom is 0.569 e. The zero-order valence-corrected chi connectivity index (χ0v) is 12.8. The third-order valence-corrected chi connectivity index (χ3v) is 3.86. The van der Waals surface area contributed by atoms with Crippen molar-refractivity contribution >= 4 is 18.7 Å². The predicted octanol–water partition coefficient (Wildman–Crippen LogP) is 3.60. The van der Waals surface area contributed by atoms with E-state index in [9.17, 15) is 0 Å². The lowest BCUT2D eigenvalue weighted by atomic mass is 10.2. The first kappa shape index (κ1) is 14.5. The van der Waals surface area contributed by atoms with Crippen LogP contribution in [-0.4, -0.2) is 22.3 Å². The van der Waals surface area contributed by atoms with E-state index in [4.69, 9.17) is 14.7 Å². The van der Waals surface area contributed by atoms with Crippen LogP contribution in [0.15, 0.2) is 78.9 Å². The smallest absolute Gasteiger partial charge is 0.537 e. The number of benzene rings is 3. The molecular weight excluding hydrogens is 299 g/mol. The lowest BCUT2D eigenvalue weighted by Gasteiger charge is -2.09. The van der Waals surface area contributed by atoms with Gasteiger partial charge in [-0.3, -0.25) is 4.57 Å². The molecule has 1 radical (unpaired) electrons. The molecule has 0 amide bonds. The quantitative estimate of drug-likeness (QED) is 0.586. The van der Waals surface area contributed by atoms with Gasteiger partial charge in [0.05, 0.1) is 11.0 Å². The third kappa shape index (κ3) is 2.55. The van der Waals surface area contributed by atoms with Crippen molar-refractivity contribution in [3.05, 3.63) is 78.9 Å². The minimum atomic E-state index is 0.544. The Kier molecular flexibility index (Phi) is 3.77. The molecule has 1 heterocycles. The standard InChI is InChI=1S/C19H14BN2O2/c23-20-24-16-11-12-18-17(13-16)21-19(14-7-3-1-4-8-14)22(18)15-9-5-2-6-10-15/h1-13,23H. The second-order valence-electron chi connectivity index (χ2n) is 5.35. The Labute approximate surface area is 140 Å². The molecule has 4 aromatic rings. The third-order valence-electron chi connectivity index (χ3n) is 3.86. The second-order valence-corrected chi connectivity index (χ2v) is 5.35. The number of aromatic nitrogens is 2. The van der Waals surface area contributed by atoms with E-state index in [-0.39, 0.29) is 0 Å². The van der Waals surface area contributed by atoms with Crippen LogP contribution in [0.1, 0.15) is 0 Å². The summed E-state index contributed by atoms with van der Waals surface area (Å²) in [5.41, 5.74) is 3.86. The van der Waals surface area contributed by atoms with Crippen molar-refractivity contribution in [1.29, 1.82) is 0 Å². The fourth-order valence-electron chi connectivity index (χ4n) is 2.81. The second kappa shape index (κ2) is 6.22. The van der Waals surface area contributed by atoms with Gasteiger partial charge in [0.2, 0.25) is 0 Å². The fraction of sp³-hybridized carbons (Fsp3) is 0. The van der Waals surface area contributed by atoms with Gasteiger partial charge in [-0.1, -0.05) is 48.5 Å². The van der Waals surface area contributed by atoms with E-state index in [0.717, 1.165) is 28.1 Å². The Morgan fingerprint density at radius 1 is 0.875 bits per heavy atom. The first-order chi connectivity index (χ1) is 11.9. The van der Waals surface area contributed by atoms with Crippen LogP contribution >= 0.6 is 0 Å². The van der Waals surface area contributed by atoms with Crippen LogP contribution in [0, 0.1) is 0 Å². The van der Waals surface area contributed by atoms with E-state index in [1.54, 1.807) is 0 Å². The van der Waals surface area contributed by atoms with Crippen LogP contribution in [0.2, 0.25) is 0 Å². The SMILES string of the molecule is O[B]Oc1ccc2c(c1)nc(-c1ccccc1)n2-c1ccccc1. The van der Waals surface area contributed by atoms with Crippen LogP contribution in [0.3, 0.4) is 0 Å². The zero-order valence-electron chi connectivity index (χ0n) is 12.8. The summed E-state index contributed by atoms with van der Waals surface area (Å²) in [5.74, 6) is 1.41. The maximum absolute atomic E-state index is 8.83. The molecule has 1 aromatic heterocycles. The molecule has 0 aliphatic heterocycles. The molecule has 24 heavy (non-hydrogen) atoms. The summed E-state index contributed by atoms with van der Waals surface area (Å²) >= 11 is 0. The van der Waals surface area contributed by atoms with Gasteiger partial charge >= 0.3 is 7.69 Å². The van der Waals surface area contributed by atoms with Gasteiger partial charge in [0.1, 0.15) is 11.6 Å². The summed E-state index contributed by atoms with van der Waals surface area (Å²) in [6.45, 7) is 0. The lowest BCUT2D eigenvalue weighted by Crippen LogP contribution is -1.99. The predicted molar refractivity (Wildman–Crippen MR) is 95.1 cm³/mol. The molecule has 4 rings (SSSR count). The first-order valence-corrected chi connectivity index (χ1v) is 7.63. The van der Waals surface area contributed by atoms with Crippen molar-refractivity contribution in [3.8, 4) is 22.8 Å². The highest BCUT2D eigenvalue weighted by molar-refractivity contribution is 6.17. The van der Waals surface area contributed by atoms with Crippen molar-refractivity contribution < 1.29 is 9.68 Å². The molecule has 5 heteroatoms. The molecule has 0 saturated heterocycles. The maximum atomic E-state index is 8.83. The Morgan fingerprint density at radius 3 is 2.29 bits per heavy atom. The summed E-state index contributed by atoms with van der Waals surface area (Å²) in [7, 11) is 0.674. The van der Waals surface area contributed by atoms with Gasteiger partial charge in [0, 0.05) is 17.3 Å². The number of nitrogens with zero attached hydrogens (tertiary/aromatic N) is 2. The zero-order chi connectivity index (χ0) is 16.4. The molecule has 0 unspecified atom stereocenters. The molecule has 0 aliphatic rings. The van der Waals surface area contributed by atoms with Gasteiger partial charge in [-0.15, -0.1) is 0 Å². The molecule has 0 saturated carbocycles. The van der Waals surface area contributed by atoms with Crippen LogP contribution in [0.4, 0.5) is 0 Å². The van der Waals surface area contributed by atoms with E-state index in [2.05, 4.69) is 16.7 Å². The lowest BCUT2D eigenvalue weighted by molar-refractivity contribution is 0.454. The Hall–Kier alpha value is -3.05. The molecule has 0 aliphatic carbocycles. The number of hydrogen-bond acceptors (Lipinski definition) is 3. The normalized spacial score (nSPS) is 10.7. The topological polar surface area (TPSA) is 47.3 Å². The molecule has 0 spiro atoms. The van der Waals surface area contributed by atoms with Gasteiger partial charge in [-0.05, 0) is 24.3 Å². The van der Waals surface area contributed by atoms with E-state index < -0.39 is 0 Å². The highest BCUT2D eigenvalue weighted by atomic mass is 16.5. The average Bonchev–Trinajstić information content (AvgIpc) is 3.02. The van der Waals surface area contributed by atoms with Crippen molar-refractivity contribution in [3.63, 3.8) is 0 Å². The van der Waals surface area contributed by atoms with Gasteiger partial charge in [-0.25, -0.2) is 4.98 Å². The highest BCUT2D eigenvalue weighted by Gasteiger charge is 2.14. The number of rotatable bonds is 4. The molecule has 0 fully saturated rings. The number of imidazole rings is 1. The summed E-state index contributed by atoms with van der Waals surface area (Å²) in [5, 5.41) is 8.83. The van der Waals surface area contributed by atoms with Crippen LogP contribution in [0.25, 0.3) is 28.1 Å². The van der Waals surface area contributed by atoms with Crippen LogP contribution in [-0.2, 0) is 0 Å². The average molecular weight is 313 g/mol. The molecular formula is C19H14BN2O2. The van der Waals surface area contributed by atoms with Gasteiger partial charge in [0.25, 0.3) is 0 Å². The molecule has 1 N–H and O–H groups in total. The summed E-state index contributed by atoms with van der Waals surface area (Å²) < 4.78 is 7.18. The highest BCUT2D eigenvalue weighted by Crippen LogP contribution is 2.30. The largest absolute Gasteiger partial charge is 0.569 e. The van der Waals surface area contributed by atoms with Gasteiger partial charge in [0.15, 0.2) is 0 Å². The number of para-hydroxylation sites is 1. The fourth-order valence-corrected chi connectivity index (χ4v) is 2.81. The van der Waals surface area contributed by atoms with Crippen molar-refractivity contribution in [2.24, 2.45) is 0 Å². The molecule has 115 valence electrons. The Balaban J connectivity index is 1.99.